The fourth-order valence-corrected chi connectivity index (χ4v) is 3.95. The van der Waals surface area contributed by atoms with E-state index in [1.165, 1.54) is 22.7 Å². The highest BCUT2D eigenvalue weighted by molar-refractivity contribution is 7.24. The molecule has 0 bridgehead atoms. The van der Waals surface area contributed by atoms with E-state index in [1.54, 1.807) is 0 Å². The SMILES string of the molecule is CCC(CC)NC(=O)c1sc(-c2ccc(Cl)s2)nc1C. The highest BCUT2D eigenvalue weighted by atomic mass is 35.5. The zero-order chi connectivity index (χ0) is 14.7. The van der Waals surface area contributed by atoms with Gasteiger partial charge in [-0.15, -0.1) is 22.7 Å². The van der Waals surface area contributed by atoms with Gasteiger partial charge < -0.3 is 5.32 Å². The Labute approximate surface area is 132 Å². The van der Waals surface area contributed by atoms with Crippen LogP contribution in [-0.2, 0) is 0 Å². The van der Waals surface area contributed by atoms with Crippen LogP contribution < -0.4 is 5.32 Å². The van der Waals surface area contributed by atoms with Crippen LogP contribution in [0.5, 0.6) is 0 Å². The summed E-state index contributed by atoms with van der Waals surface area (Å²) in [6.07, 6.45) is 1.88. The van der Waals surface area contributed by atoms with Gasteiger partial charge in [0.25, 0.3) is 5.91 Å². The molecule has 0 aromatic carbocycles. The van der Waals surface area contributed by atoms with Crippen LogP contribution in [0.2, 0.25) is 4.34 Å². The van der Waals surface area contributed by atoms with Gasteiger partial charge in [0.2, 0.25) is 0 Å². The first-order valence-electron chi connectivity index (χ1n) is 6.59. The normalized spacial score (nSPS) is 11.1. The first-order chi connectivity index (χ1) is 9.55. The second-order valence-corrected chi connectivity index (χ2v) is 7.24. The second kappa shape index (κ2) is 6.70. The molecule has 0 saturated heterocycles. The largest absolute Gasteiger partial charge is 0.349 e. The molecule has 2 rings (SSSR count). The van der Waals surface area contributed by atoms with Crippen LogP contribution in [0.1, 0.15) is 42.1 Å². The Morgan fingerprint density at radius 1 is 1.35 bits per heavy atom. The Morgan fingerprint density at radius 2 is 2.05 bits per heavy atom. The van der Waals surface area contributed by atoms with E-state index in [4.69, 9.17) is 11.6 Å². The molecular formula is C14H17ClN2OS2. The van der Waals surface area contributed by atoms with Gasteiger partial charge in [0.15, 0.2) is 0 Å². The highest BCUT2D eigenvalue weighted by Crippen LogP contribution is 2.34. The molecule has 0 aliphatic rings. The third-order valence-electron chi connectivity index (χ3n) is 3.11. The fraction of sp³-hybridized carbons (Fsp3) is 0.429. The van der Waals surface area contributed by atoms with Crippen molar-refractivity contribution in [2.45, 2.75) is 39.7 Å². The van der Waals surface area contributed by atoms with E-state index in [9.17, 15) is 4.79 Å². The van der Waals surface area contributed by atoms with Crippen molar-refractivity contribution < 1.29 is 4.79 Å². The van der Waals surface area contributed by atoms with E-state index in [1.807, 2.05) is 19.1 Å². The van der Waals surface area contributed by atoms with Gasteiger partial charge in [0.05, 0.1) is 14.9 Å². The predicted octanol–water partition coefficient (Wildman–Crippen LogP) is 4.75. The van der Waals surface area contributed by atoms with Gasteiger partial charge in [0.1, 0.15) is 9.88 Å². The van der Waals surface area contributed by atoms with Crippen molar-refractivity contribution in [2.24, 2.45) is 0 Å². The number of aryl methyl sites for hydroxylation is 1. The summed E-state index contributed by atoms with van der Waals surface area (Å²) in [5.74, 6) is -0.0254. The maximum atomic E-state index is 12.3. The molecule has 6 heteroatoms. The van der Waals surface area contributed by atoms with Gasteiger partial charge in [-0.2, -0.15) is 0 Å². The maximum absolute atomic E-state index is 12.3. The monoisotopic (exact) mass is 328 g/mol. The lowest BCUT2D eigenvalue weighted by Gasteiger charge is -2.13. The van der Waals surface area contributed by atoms with Crippen LogP contribution in [0.15, 0.2) is 12.1 Å². The van der Waals surface area contributed by atoms with Crippen molar-refractivity contribution in [3.63, 3.8) is 0 Å². The van der Waals surface area contributed by atoms with Crippen molar-refractivity contribution in [3.05, 3.63) is 27.0 Å². The van der Waals surface area contributed by atoms with Gasteiger partial charge in [-0.1, -0.05) is 25.4 Å². The molecule has 0 aliphatic heterocycles. The second-order valence-electron chi connectivity index (χ2n) is 4.52. The third-order valence-corrected chi connectivity index (χ3v) is 5.66. The van der Waals surface area contributed by atoms with Crippen LogP contribution in [-0.4, -0.2) is 16.9 Å². The van der Waals surface area contributed by atoms with Gasteiger partial charge in [-0.3, -0.25) is 4.79 Å². The third kappa shape index (κ3) is 3.40. The summed E-state index contributed by atoms with van der Waals surface area (Å²) >= 11 is 8.85. The number of rotatable bonds is 5. The van der Waals surface area contributed by atoms with Crippen LogP contribution in [0.25, 0.3) is 9.88 Å². The smallest absolute Gasteiger partial charge is 0.263 e. The van der Waals surface area contributed by atoms with Crippen LogP contribution in [0, 0.1) is 6.92 Å². The molecule has 108 valence electrons. The summed E-state index contributed by atoms with van der Waals surface area (Å²) in [5, 5.41) is 3.91. The summed E-state index contributed by atoms with van der Waals surface area (Å²) in [4.78, 5) is 18.5. The van der Waals surface area contributed by atoms with E-state index in [2.05, 4.69) is 24.1 Å². The topological polar surface area (TPSA) is 42.0 Å². The summed E-state index contributed by atoms with van der Waals surface area (Å²) in [7, 11) is 0. The zero-order valence-corrected chi connectivity index (χ0v) is 14.1. The van der Waals surface area contributed by atoms with Crippen LogP contribution in [0.4, 0.5) is 0 Å². The predicted molar refractivity (Wildman–Crippen MR) is 87.0 cm³/mol. The molecular weight excluding hydrogens is 312 g/mol. The van der Waals surface area contributed by atoms with Crippen molar-refractivity contribution in [3.8, 4) is 9.88 Å². The minimum absolute atomic E-state index is 0.0254. The molecule has 0 spiro atoms. The van der Waals surface area contributed by atoms with E-state index >= 15 is 0 Å². The number of thiazole rings is 1. The molecule has 0 saturated carbocycles. The number of aromatic nitrogens is 1. The first-order valence-corrected chi connectivity index (χ1v) is 8.60. The Balaban J connectivity index is 2.21. The van der Waals surface area contributed by atoms with E-state index < -0.39 is 0 Å². The molecule has 2 aromatic heterocycles. The van der Waals surface area contributed by atoms with E-state index in [0.29, 0.717) is 4.88 Å². The first kappa shape index (κ1) is 15.5. The molecule has 1 N–H and O–H groups in total. The number of nitrogens with zero attached hydrogens (tertiary/aromatic N) is 1. The minimum Gasteiger partial charge on any atom is -0.349 e. The lowest BCUT2D eigenvalue weighted by molar-refractivity contribution is 0.0938. The molecule has 0 atom stereocenters. The van der Waals surface area contributed by atoms with Gasteiger partial charge in [-0.05, 0) is 31.9 Å². The molecule has 2 heterocycles. The molecule has 1 amide bonds. The summed E-state index contributed by atoms with van der Waals surface area (Å²) in [6.45, 7) is 6.02. The van der Waals surface area contributed by atoms with Crippen molar-refractivity contribution >= 4 is 40.2 Å². The van der Waals surface area contributed by atoms with Crippen LogP contribution in [0.3, 0.4) is 0 Å². The Morgan fingerprint density at radius 3 is 2.60 bits per heavy atom. The number of halogens is 1. The van der Waals surface area contributed by atoms with E-state index in [-0.39, 0.29) is 11.9 Å². The van der Waals surface area contributed by atoms with Crippen LogP contribution >= 0.6 is 34.3 Å². The molecule has 0 unspecified atom stereocenters. The van der Waals surface area contributed by atoms with E-state index in [0.717, 1.165) is 32.8 Å². The number of thiophene rings is 1. The molecule has 0 radical (unpaired) electrons. The minimum atomic E-state index is -0.0254. The zero-order valence-electron chi connectivity index (χ0n) is 11.7. The molecule has 20 heavy (non-hydrogen) atoms. The number of amides is 1. The molecule has 0 fully saturated rings. The van der Waals surface area contributed by atoms with Crippen molar-refractivity contribution in [1.29, 1.82) is 0 Å². The summed E-state index contributed by atoms with van der Waals surface area (Å²) < 4.78 is 0.732. The Hall–Kier alpha value is -0.910. The van der Waals surface area contributed by atoms with Gasteiger partial charge in [0, 0.05) is 6.04 Å². The molecule has 2 aromatic rings. The number of hydrogen-bond donors (Lipinski definition) is 1. The average Bonchev–Trinajstić information content (AvgIpc) is 3.01. The molecule has 3 nitrogen and oxygen atoms in total. The number of carbonyl (C=O) groups is 1. The fourth-order valence-electron chi connectivity index (χ4n) is 1.89. The standard InChI is InChI=1S/C14H17ClN2OS2/c1-4-9(5-2)17-13(18)12-8(3)16-14(20-12)10-6-7-11(15)19-10/h6-7,9H,4-5H2,1-3H3,(H,17,18). The molecule has 0 aliphatic carbocycles. The average molecular weight is 329 g/mol. The highest BCUT2D eigenvalue weighted by Gasteiger charge is 2.18. The van der Waals surface area contributed by atoms with Gasteiger partial charge in [-0.25, -0.2) is 4.98 Å². The Bertz CT molecular complexity index is 602. The lowest BCUT2D eigenvalue weighted by atomic mass is 10.1. The quantitative estimate of drug-likeness (QED) is 0.860. The Kier molecular flexibility index (Phi) is 5.18. The number of hydrogen-bond acceptors (Lipinski definition) is 4. The maximum Gasteiger partial charge on any atom is 0.263 e. The summed E-state index contributed by atoms with van der Waals surface area (Å²) in [6, 6.07) is 4.01. The summed E-state index contributed by atoms with van der Waals surface area (Å²) in [5.41, 5.74) is 0.776. The van der Waals surface area contributed by atoms with Gasteiger partial charge >= 0.3 is 0 Å². The van der Waals surface area contributed by atoms with Crippen molar-refractivity contribution in [2.75, 3.05) is 0 Å². The lowest BCUT2D eigenvalue weighted by Crippen LogP contribution is -2.33. The number of nitrogens with one attached hydrogen (secondary N) is 1. The van der Waals surface area contributed by atoms with Crippen molar-refractivity contribution in [1.82, 2.24) is 10.3 Å². The number of carbonyl (C=O) groups excluding carboxylic acids is 1.